The molecular formula is C19H24FNO5S. The molecule has 0 saturated carbocycles. The second-order valence-electron chi connectivity index (χ2n) is 6.99. The zero-order valence-electron chi connectivity index (χ0n) is 15.4. The molecule has 1 saturated heterocycles. The van der Waals surface area contributed by atoms with Gasteiger partial charge in [0.2, 0.25) is 0 Å². The van der Waals surface area contributed by atoms with Crippen molar-refractivity contribution in [3.8, 4) is 0 Å². The first-order valence-corrected chi connectivity index (χ1v) is 10.6. The summed E-state index contributed by atoms with van der Waals surface area (Å²) in [7, 11) is -3.13. The monoisotopic (exact) mass is 397 g/mol. The average Bonchev–Trinajstić information content (AvgIpc) is 2.95. The van der Waals surface area contributed by atoms with E-state index in [1.54, 1.807) is 6.07 Å². The number of rotatable bonds is 7. The van der Waals surface area contributed by atoms with Crippen molar-refractivity contribution in [2.45, 2.75) is 26.3 Å². The van der Waals surface area contributed by atoms with Crippen molar-refractivity contribution in [2.24, 2.45) is 5.92 Å². The van der Waals surface area contributed by atoms with E-state index < -0.39 is 34.1 Å². The van der Waals surface area contributed by atoms with Gasteiger partial charge in [0, 0.05) is 18.7 Å². The highest BCUT2D eigenvalue weighted by atomic mass is 32.2. The quantitative estimate of drug-likeness (QED) is 0.520. The molecular weight excluding hydrogens is 373 g/mol. The molecule has 1 aliphatic rings. The number of carbonyl (C=O) groups excluding carboxylic acids is 2. The summed E-state index contributed by atoms with van der Waals surface area (Å²) in [5, 5.41) is 0. The number of nitrogens with zero attached hydrogens (tertiary/aromatic N) is 1. The first-order valence-electron chi connectivity index (χ1n) is 8.76. The Morgan fingerprint density at radius 3 is 2.70 bits per heavy atom. The van der Waals surface area contributed by atoms with Crippen LogP contribution in [-0.4, -0.2) is 55.9 Å². The smallest absolute Gasteiger partial charge is 0.331 e. The van der Waals surface area contributed by atoms with Crippen LogP contribution in [0.3, 0.4) is 0 Å². The van der Waals surface area contributed by atoms with Crippen LogP contribution >= 0.6 is 0 Å². The van der Waals surface area contributed by atoms with E-state index in [0.717, 1.165) is 6.08 Å². The van der Waals surface area contributed by atoms with Crippen LogP contribution in [0.5, 0.6) is 0 Å². The van der Waals surface area contributed by atoms with Crippen LogP contribution in [0.25, 0.3) is 6.08 Å². The van der Waals surface area contributed by atoms with E-state index in [4.69, 9.17) is 4.74 Å². The lowest BCUT2D eigenvalue weighted by atomic mass is 10.1. The third-order valence-electron chi connectivity index (χ3n) is 4.13. The van der Waals surface area contributed by atoms with Gasteiger partial charge >= 0.3 is 5.97 Å². The molecule has 2 rings (SSSR count). The van der Waals surface area contributed by atoms with Crippen molar-refractivity contribution in [3.05, 3.63) is 41.7 Å². The molecule has 0 aromatic heterocycles. The lowest BCUT2D eigenvalue weighted by Crippen LogP contribution is -2.45. The summed E-state index contributed by atoms with van der Waals surface area (Å²) in [4.78, 5) is 25.8. The number of amides is 1. The van der Waals surface area contributed by atoms with Gasteiger partial charge in [-0.05, 0) is 36.1 Å². The molecule has 0 aliphatic carbocycles. The highest BCUT2D eigenvalue weighted by Gasteiger charge is 2.35. The number of ether oxygens (including phenoxy) is 1. The summed E-state index contributed by atoms with van der Waals surface area (Å²) >= 11 is 0. The van der Waals surface area contributed by atoms with Gasteiger partial charge in [0.25, 0.3) is 5.91 Å². The van der Waals surface area contributed by atoms with Gasteiger partial charge < -0.3 is 9.64 Å². The Kier molecular flexibility index (Phi) is 7.12. The Morgan fingerprint density at radius 1 is 1.37 bits per heavy atom. The highest BCUT2D eigenvalue weighted by molar-refractivity contribution is 7.91. The molecule has 1 aromatic rings. The summed E-state index contributed by atoms with van der Waals surface area (Å²) in [6.07, 6.45) is 2.91. The third-order valence-corrected chi connectivity index (χ3v) is 5.88. The number of hydrogen-bond donors (Lipinski definition) is 0. The minimum atomic E-state index is -3.13. The van der Waals surface area contributed by atoms with Crippen LogP contribution in [-0.2, 0) is 24.2 Å². The molecule has 1 aliphatic heterocycles. The SMILES string of the molecule is CC(C)CN(C(=O)COC(=O)/C=C/c1cccc(F)c1)C1CCS(=O)(=O)C1. The van der Waals surface area contributed by atoms with Gasteiger partial charge in [-0.25, -0.2) is 17.6 Å². The molecule has 27 heavy (non-hydrogen) atoms. The first-order chi connectivity index (χ1) is 12.7. The molecule has 1 heterocycles. The van der Waals surface area contributed by atoms with E-state index in [1.807, 2.05) is 13.8 Å². The van der Waals surface area contributed by atoms with Crippen molar-refractivity contribution >= 4 is 27.8 Å². The molecule has 6 nitrogen and oxygen atoms in total. The second-order valence-corrected chi connectivity index (χ2v) is 9.22. The highest BCUT2D eigenvalue weighted by Crippen LogP contribution is 2.19. The predicted molar refractivity (Wildman–Crippen MR) is 100 cm³/mol. The normalized spacial score (nSPS) is 18.7. The molecule has 1 atom stereocenters. The molecule has 1 amide bonds. The molecule has 0 bridgehead atoms. The van der Waals surface area contributed by atoms with Crippen molar-refractivity contribution in [2.75, 3.05) is 24.7 Å². The topological polar surface area (TPSA) is 80.8 Å². The molecule has 0 radical (unpaired) electrons. The molecule has 0 N–H and O–H groups in total. The maximum atomic E-state index is 13.1. The van der Waals surface area contributed by atoms with Crippen molar-refractivity contribution in [3.63, 3.8) is 0 Å². The average molecular weight is 397 g/mol. The summed E-state index contributed by atoms with van der Waals surface area (Å²) < 4.78 is 41.5. The van der Waals surface area contributed by atoms with E-state index in [0.29, 0.717) is 18.5 Å². The molecule has 8 heteroatoms. The van der Waals surface area contributed by atoms with E-state index in [1.165, 1.54) is 29.2 Å². The summed E-state index contributed by atoms with van der Waals surface area (Å²) in [5.74, 6) is -1.40. The van der Waals surface area contributed by atoms with Gasteiger partial charge in [0.15, 0.2) is 16.4 Å². The van der Waals surface area contributed by atoms with Gasteiger partial charge in [-0.3, -0.25) is 4.79 Å². The van der Waals surface area contributed by atoms with Crippen LogP contribution < -0.4 is 0 Å². The van der Waals surface area contributed by atoms with Crippen LogP contribution in [0.1, 0.15) is 25.8 Å². The Morgan fingerprint density at radius 2 is 2.11 bits per heavy atom. The maximum absolute atomic E-state index is 13.1. The molecule has 148 valence electrons. The summed E-state index contributed by atoms with van der Waals surface area (Å²) in [6.45, 7) is 3.79. The van der Waals surface area contributed by atoms with Crippen LogP contribution in [0.2, 0.25) is 0 Å². The van der Waals surface area contributed by atoms with Gasteiger partial charge in [-0.1, -0.05) is 26.0 Å². The lowest BCUT2D eigenvalue weighted by molar-refractivity contribution is -0.149. The van der Waals surface area contributed by atoms with Gasteiger partial charge in [-0.15, -0.1) is 0 Å². The number of carbonyl (C=O) groups is 2. The van der Waals surface area contributed by atoms with Crippen LogP contribution in [0.4, 0.5) is 4.39 Å². The van der Waals surface area contributed by atoms with Gasteiger partial charge in [0.1, 0.15) is 5.82 Å². The standard InChI is InChI=1S/C19H24FNO5S/c1-14(2)11-21(17-8-9-27(24,25)13-17)18(22)12-26-19(23)7-6-15-4-3-5-16(20)10-15/h3-7,10,14,17H,8-9,11-13H2,1-2H3/b7-6+. The number of esters is 1. The van der Waals surface area contributed by atoms with E-state index in [-0.39, 0.29) is 23.5 Å². The van der Waals surface area contributed by atoms with E-state index >= 15 is 0 Å². The third kappa shape index (κ3) is 6.78. The Balaban J connectivity index is 1.93. The number of hydrogen-bond acceptors (Lipinski definition) is 5. The van der Waals surface area contributed by atoms with E-state index in [2.05, 4.69) is 0 Å². The molecule has 0 spiro atoms. The van der Waals surface area contributed by atoms with Crippen molar-refractivity contribution < 1.29 is 27.1 Å². The van der Waals surface area contributed by atoms with Gasteiger partial charge in [0.05, 0.1) is 11.5 Å². The fourth-order valence-corrected chi connectivity index (χ4v) is 4.64. The Labute approximate surface area is 158 Å². The summed E-state index contributed by atoms with van der Waals surface area (Å²) in [5.41, 5.74) is 0.496. The fraction of sp³-hybridized carbons (Fsp3) is 0.474. The Bertz CT molecular complexity index is 819. The maximum Gasteiger partial charge on any atom is 0.331 e. The molecule has 1 aromatic carbocycles. The lowest BCUT2D eigenvalue weighted by Gasteiger charge is -2.29. The van der Waals surface area contributed by atoms with Crippen LogP contribution in [0, 0.1) is 11.7 Å². The van der Waals surface area contributed by atoms with E-state index in [9.17, 15) is 22.4 Å². The Hall–Kier alpha value is -2.22. The first kappa shape index (κ1) is 21.1. The number of sulfone groups is 1. The van der Waals surface area contributed by atoms with Crippen LogP contribution in [0.15, 0.2) is 30.3 Å². The largest absolute Gasteiger partial charge is 0.452 e. The fourth-order valence-electron chi connectivity index (χ4n) is 2.91. The van der Waals surface area contributed by atoms with Crippen molar-refractivity contribution in [1.29, 1.82) is 0 Å². The molecule has 1 fully saturated rings. The second kappa shape index (κ2) is 9.12. The minimum absolute atomic E-state index is 0.0567. The molecule has 1 unspecified atom stereocenters. The zero-order valence-corrected chi connectivity index (χ0v) is 16.2. The zero-order chi connectivity index (χ0) is 20.0. The number of benzene rings is 1. The minimum Gasteiger partial charge on any atom is -0.452 e. The predicted octanol–water partition coefficient (Wildman–Crippen LogP) is 2.05. The van der Waals surface area contributed by atoms with Gasteiger partial charge in [-0.2, -0.15) is 0 Å². The van der Waals surface area contributed by atoms with Crippen molar-refractivity contribution in [1.82, 2.24) is 4.90 Å². The summed E-state index contributed by atoms with van der Waals surface area (Å²) in [6, 6.07) is 5.32. The number of halogens is 1.